The number of likely N-dealkylation sites (tertiary alicyclic amines) is 1. The molecule has 0 aromatic heterocycles. The molecule has 0 aliphatic carbocycles. The van der Waals surface area contributed by atoms with Gasteiger partial charge in [-0.25, -0.2) is 0 Å². The van der Waals surface area contributed by atoms with Crippen LogP contribution in [0.5, 0.6) is 5.75 Å². The largest absolute Gasteiger partial charge is 0.508 e. The Balaban J connectivity index is 2.28. The number of aliphatic hydroxyl groups excluding tert-OH is 1. The van der Waals surface area contributed by atoms with Crippen molar-refractivity contribution >= 4 is 11.6 Å². The van der Waals surface area contributed by atoms with Crippen LogP contribution in [-0.4, -0.2) is 40.2 Å². The highest BCUT2D eigenvalue weighted by atomic mass is 16.3. The van der Waals surface area contributed by atoms with Gasteiger partial charge in [-0.1, -0.05) is 6.92 Å². The third-order valence-electron chi connectivity index (χ3n) is 3.60. The molecule has 0 saturated carbocycles. The maximum Gasteiger partial charge on any atom is 0.256 e. The summed E-state index contributed by atoms with van der Waals surface area (Å²) in [6.45, 7) is 2.58. The van der Waals surface area contributed by atoms with Gasteiger partial charge in [-0.05, 0) is 30.5 Å². The summed E-state index contributed by atoms with van der Waals surface area (Å²) in [7, 11) is 0. The standard InChI is InChI=1S/C13H18N2O3/c1-8-4-5-15(12(8)7-16)13(18)10-6-9(17)2-3-11(10)14/h2-3,6,8,12,16-17H,4-5,7,14H2,1H3. The highest BCUT2D eigenvalue weighted by Gasteiger charge is 2.34. The molecule has 1 amide bonds. The van der Waals surface area contributed by atoms with Crippen molar-refractivity contribution in [1.82, 2.24) is 4.90 Å². The number of rotatable bonds is 2. The van der Waals surface area contributed by atoms with Crippen LogP contribution in [-0.2, 0) is 0 Å². The van der Waals surface area contributed by atoms with Crippen LogP contribution in [0.3, 0.4) is 0 Å². The summed E-state index contributed by atoms with van der Waals surface area (Å²) in [5.74, 6) is 0.0598. The maximum absolute atomic E-state index is 12.4. The van der Waals surface area contributed by atoms with E-state index >= 15 is 0 Å². The minimum Gasteiger partial charge on any atom is -0.508 e. The number of nitrogen functional groups attached to an aromatic ring is 1. The lowest BCUT2D eigenvalue weighted by atomic mass is 10.0. The number of nitrogens with two attached hydrogens (primary N) is 1. The maximum atomic E-state index is 12.4. The summed E-state index contributed by atoms with van der Waals surface area (Å²) in [6.07, 6.45) is 0.871. The zero-order valence-electron chi connectivity index (χ0n) is 10.3. The van der Waals surface area contributed by atoms with Gasteiger partial charge in [0.2, 0.25) is 0 Å². The average Bonchev–Trinajstić information content (AvgIpc) is 2.72. The van der Waals surface area contributed by atoms with E-state index in [2.05, 4.69) is 0 Å². The van der Waals surface area contributed by atoms with Gasteiger partial charge in [0.05, 0.1) is 18.2 Å². The fraction of sp³-hybridized carbons (Fsp3) is 0.462. The van der Waals surface area contributed by atoms with Gasteiger partial charge in [0.15, 0.2) is 0 Å². The van der Waals surface area contributed by atoms with Crippen LogP contribution in [0.15, 0.2) is 18.2 Å². The molecule has 4 N–H and O–H groups in total. The highest BCUT2D eigenvalue weighted by Crippen LogP contribution is 2.28. The first kappa shape index (κ1) is 12.7. The molecule has 5 heteroatoms. The number of hydrogen-bond donors (Lipinski definition) is 3. The van der Waals surface area contributed by atoms with Gasteiger partial charge < -0.3 is 20.8 Å². The number of aliphatic hydroxyl groups is 1. The molecule has 1 heterocycles. The molecule has 5 nitrogen and oxygen atoms in total. The van der Waals surface area contributed by atoms with E-state index in [1.165, 1.54) is 18.2 Å². The fourth-order valence-electron chi connectivity index (χ4n) is 2.42. The van der Waals surface area contributed by atoms with Gasteiger partial charge in [0.1, 0.15) is 5.75 Å². The lowest BCUT2D eigenvalue weighted by Gasteiger charge is -2.25. The van der Waals surface area contributed by atoms with Gasteiger partial charge in [-0.2, -0.15) is 0 Å². The van der Waals surface area contributed by atoms with Gasteiger partial charge in [-0.15, -0.1) is 0 Å². The van der Waals surface area contributed by atoms with Crippen LogP contribution in [0, 0.1) is 5.92 Å². The van der Waals surface area contributed by atoms with Gasteiger partial charge >= 0.3 is 0 Å². The Bertz CT molecular complexity index is 462. The normalized spacial score (nSPS) is 23.3. The Labute approximate surface area is 106 Å². The number of hydrogen-bond acceptors (Lipinski definition) is 4. The van der Waals surface area contributed by atoms with Crippen molar-refractivity contribution in [1.29, 1.82) is 0 Å². The van der Waals surface area contributed by atoms with Crippen molar-refractivity contribution in [2.45, 2.75) is 19.4 Å². The monoisotopic (exact) mass is 250 g/mol. The first-order chi connectivity index (χ1) is 8.54. The summed E-state index contributed by atoms with van der Waals surface area (Å²) in [5.41, 5.74) is 6.39. The van der Waals surface area contributed by atoms with Crippen LogP contribution in [0.4, 0.5) is 5.69 Å². The van der Waals surface area contributed by atoms with E-state index in [-0.39, 0.29) is 30.2 Å². The predicted molar refractivity (Wildman–Crippen MR) is 68.2 cm³/mol. The zero-order valence-corrected chi connectivity index (χ0v) is 10.3. The molecule has 1 aromatic carbocycles. The molecule has 2 atom stereocenters. The van der Waals surface area contributed by atoms with Crippen molar-refractivity contribution in [2.75, 3.05) is 18.9 Å². The summed E-state index contributed by atoms with van der Waals surface area (Å²) in [4.78, 5) is 14.0. The number of nitrogens with zero attached hydrogens (tertiary/aromatic N) is 1. The molecule has 2 unspecified atom stereocenters. The van der Waals surface area contributed by atoms with Crippen molar-refractivity contribution in [3.63, 3.8) is 0 Å². The molecule has 18 heavy (non-hydrogen) atoms. The van der Waals surface area contributed by atoms with Crippen LogP contribution in [0.1, 0.15) is 23.7 Å². The Morgan fingerprint density at radius 3 is 2.94 bits per heavy atom. The number of phenolic OH excluding ortho intramolecular Hbond substituents is 1. The van der Waals surface area contributed by atoms with Crippen LogP contribution in [0.2, 0.25) is 0 Å². The van der Waals surface area contributed by atoms with Gasteiger partial charge in [0.25, 0.3) is 5.91 Å². The first-order valence-corrected chi connectivity index (χ1v) is 6.05. The highest BCUT2D eigenvalue weighted by molar-refractivity contribution is 5.99. The SMILES string of the molecule is CC1CCN(C(=O)c2cc(O)ccc2N)C1CO. The number of aromatic hydroxyl groups is 1. The summed E-state index contributed by atoms with van der Waals surface area (Å²) in [6, 6.07) is 4.16. The molecule has 2 rings (SSSR count). The summed E-state index contributed by atoms with van der Waals surface area (Å²) < 4.78 is 0. The molecular weight excluding hydrogens is 232 g/mol. The second kappa shape index (κ2) is 4.86. The van der Waals surface area contributed by atoms with E-state index in [9.17, 15) is 15.0 Å². The third kappa shape index (κ3) is 2.13. The molecule has 0 bridgehead atoms. The van der Waals surface area contributed by atoms with Crippen LogP contribution < -0.4 is 5.73 Å². The van der Waals surface area contributed by atoms with Gasteiger partial charge in [-0.3, -0.25) is 4.79 Å². The molecule has 1 aliphatic heterocycles. The van der Waals surface area contributed by atoms with E-state index in [4.69, 9.17) is 5.73 Å². The minimum absolute atomic E-state index is 0.0142. The lowest BCUT2D eigenvalue weighted by molar-refractivity contribution is 0.0649. The summed E-state index contributed by atoms with van der Waals surface area (Å²) >= 11 is 0. The predicted octanol–water partition coefficient (Wildman–Crippen LogP) is 0.817. The second-order valence-electron chi connectivity index (χ2n) is 4.79. The second-order valence-corrected chi connectivity index (χ2v) is 4.79. The molecule has 1 aliphatic rings. The van der Waals surface area contributed by atoms with Crippen molar-refractivity contribution in [3.8, 4) is 5.75 Å². The molecule has 1 saturated heterocycles. The van der Waals surface area contributed by atoms with E-state index in [1.54, 1.807) is 4.90 Å². The molecule has 1 fully saturated rings. The number of benzene rings is 1. The van der Waals surface area contributed by atoms with Crippen molar-refractivity contribution in [3.05, 3.63) is 23.8 Å². The number of phenols is 1. The summed E-state index contributed by atoms with van der Waals surface area (Å²) in [5, 5.41) is 18.8. The minimum atomic E-state index is -0.230. The Hall–Kier alpha value is -1.75. The fourth-order valence-corrected chi connectivity index (χ4v) is 2.42. The van der Waals surface area contributed by atoms with E-state index in [0.717, 1.165) is 6.42 Å². The van der Waals surface area contributed by atoms with Crippen LogP contribution in [0.25, 0.3) is 0 Å². The Morgan fingerprint density at radius 1 is 1.56 bits per heavy atom. The Kier molecular flexibility index (Phi) is 3.43. The topological polar surface area (TPSA) is 86.8 Å². The average molecular weight is 250 g/mol. The van der Waals surface area contributed by atoms with E-state index in [0.29, 0.717) is 17.8 Å². The third-order valence-corrected chi connectivity index (χ3v) is 3.60. The molecule has 1 aromatic rings. The van der Waals surface area contributed by atoms with Crippen LogP contribution >= 0.6 is 0 Å². The number of carbonyl (C=O) groups excluding carboxylic acids is 1. The smallest absolute Gasteiger partial charge is 0.256 e. The number of amides is 1. The molecule has 98 valence electrons. The molecule has 0 radical (unpaired) electrons. The number of anilines is 1. The lowest BCUT2D eigenvalue weighted by Crippen LogP contribution is -2.40. The van der Waals surface area contributed by atoms with Gasteiger partial charge in [0, 0.05) is 12.2 Å². The number of carbonyl (C=O) groups is 1. The molecule has 0 spiro atoms. The van der Waals surface area contributed by atoms with Crippen molar-refractivity contribution in [2.24, 2.45) is 5.92 Å². The van der Waals surface area contributed by atoms with Crippen molar-refractivity contribution < 1.29 is 15.0 Å². The molecular formula is C13H18N2O3. The Morgan fingerprint density at radius 2 is 2.28 bits per heavy atom. The quantitative estimate of drug-likeness (QED) is 0.535. The van der Waals surface area contributed by atoms with E-state index in [1.807, 2.05) is 6.92 Å². The van der Waals surface area contributed by atoms with E-state index < -0.39 is 0 Å². The first-order valence-electron chi connectivity index (χ1n) is 6.05. The zero-order chi connectivity index (χ0) is 13.3.